The minimum atomic E-state index is -0.00694. The van der Waals surface area contributed by atoms with Gasteiger partial charge in [-0.2, -0.15) is 0 Å². The van der Waals surface area contributed by atoms with Crippen LogP contribution in [0, 0.1) is 6.92 Å². The molecule has 0 saturated carbocycles. The first-order chi connectivity index (χ1) is 13.0. The Hall–Kier alpha value is -2.69. The Kier molecular flexibility index (Phi) is 7.53. The van der Waals surface area contributed by atoms with Crippen molar-refractivity contribution in [1.82, 2.24) is 5.32 Å². The van der Waals surface area contributed by atoms with Crippen LogP contribution in [0.15, 0.2) is 36.4 Å². The Morgan fingerprint density at radius 2 is 1.63 bits per heavy atom. The predicted octanol–water partition coefficient (Wildman–Crippen LogP) is 4.22. The van der Waals surface area contributed by atoms with E-state index >= 15 is 0 Å². The molecule has 0 aliphatic carbocycles. The first-order valence-electron chi connectivity index (χ1n) is 9.17. The first kappa shape index (κ1) is 20.6. The molecule has 2 aromatic rings. The van der Waals surface area contributed by atoms with Crippen molar-refractivity contribution >= 4 is 5.91 Å². The average Bonchev–Trinajstić information content (AvgIpc) is 2.70. The molecule has 0 aromatic heterocycles. The van der Waals surface area contributed by atoms with Crippen LogP contribution < -0.4 is 19.5 Å². The largest absolute Gasteiger partial charge is 0.496 e. The molecule has 0 heterocycles. The monoisotopic (exact) mass is 371 g/mol. The van der Waals surface area contributed by atoms with Gasteiger partial charge in [-0.05, 0) is 54.7 Å². The third kappa shape index (κ3) is 5.39. The minimum Gasteiger partial charge on any atom is -0.496 e. The van der Waals surface area contributed by atoms with Gasteiger partial charge in [0.05, 0.1) is 27.4 Å². The van der Waals surface area contributed by atoms with E-state index in [0.717, 1.165) is 28.9 Å². The zero-order chi connectivity index (χ0) is 19.8. The second-order valence-corrected chi connectivity index (χ2v) is 6.45. The van der Waals surface area contributed by atoms with E-state index in [9.17, 15) is 4.79 Å². The zero-order valence-corrected chi connectivity index (χ0v) is 16.8. The molecule has 146 valence electrons. The molecular weight excluding hydrogens is 342 g/mol. The molecule has 27 heavy (non-hydrogen) atoms. The smallest absolute Gasteiger partial charge is 0.220 e. The van der Waals surface area contributed by atoms with Crippen LogP contribution in [0.25, 0.3) is 0 Å². The molecule has 2 aromatic carbocycles. The maximum atomic E-state index is 12.5. The summed E-state index contributed by atoms with van der Waals surface area (Å²) < 4.78 is 15.9. The topological polar surface area (TPSA) is 56.8 Å². The molecule has 2 rings (SSSR count). The quantitative estimate of drug-likeness (QED) is 0.717. The number of hydrogen-bond acceptors (Lipinski definition) is 4. The number of hydrogen-bond donors (Lipinski definition) is 1. The molecule has 0 fully saturated rings. The fraction of sp³-hybridized carbons (Fsp3) is 0.409. The van der Waals surface area contributed by atoms with Gasteiger partial charge in [0.15, 0.2) is 11.5 Å². The zero-order valence-electron chi connectivity index (χ0n) is 16.8. The second-order valence-electron chi connectivity index (χ2n) is 6.45. The fourth-order valence-electron chi connectivity index (χ4n) is 3.10. The van der Waals surface area contributed by atoms with Crippen LogP contribution in [0.3, 0.4) is 0 Å². The molecule has 5 heteroatoms. The van der Waals surface area contributed by atoms with Gasteiger partial charge in [0.2, 0.25) is 5.91 Å². The van der Waals surface area contributed by atoms with Crippen molar-refractivity contribution in [2.75, 3.05) is 21.3 Å². The highest BCUT2D eigenvalue weighted by Crippen LogP contribution is 2.28. The van der Waals surface area contributed by atoms with Crippen molar-refractivity contribution in [1.29, 1.82) is 0 Å². The first-order valence-corrected chi connectivity index (χ1v) is 9.17. The van der Waals surface area contributed by atoms with Gasteiger partial charge in [0.25, 0.3) is 0 Å². The number of methoxy groups -OCH3 is 3. The summed E-state index contributed by atoms with van der Waals surface area (Å²) in [5, 5.41) is 3.13. The molecular formula is C22H29NO4. The number of ether oxygens (including phenoxy) is 3. The minimum absolute atomic E-state index is 0.00694. The molecule has 1 atom stereocenters. The Labute approximate surface area is 161 Å². The van der Waals surface area contributed by atoms with Gasteiger partial charge in [0, 0.05) is 6.42 Å². The van der Waals surface area contributed by atoms with Gasteiger partial charge in [-0.3, -0.25) is 4.79 Å². The van der Waals surface area contributed by atoms with Crippen molar-refractivity contribution < 1.29 is 19.0 Å². The number of nitrogens with one attached hydrogen (secondary N) is 1. The van der Waals surface area contributed by atoms with Crippen LogP contribution >= 0.6 is 0 Å². The van der Waals surface area contributed by atoms with Crippen molar-refractivity contribution in [2.24, 2.45) is 0 Å². The summed E-state index contributed by atoms with van der Waals surface area (Å²) in [5.74, 6) is 2.25. The lowest BCUT2D eigenvalue weighted by atomic mass is 10.0. The molecule has 0 bridgehead atoms. The Bertz CT molecular complexity index is 773. The van der Waals surface area contributed by atoms with Crippen LogP contribution in [0.4, 0.5) is 0 Å². The van der Waals surface area contributed by atoms with Gasteiger partial charge < -0.3 is 19.5 Å². The summed E-state index contributed by atoms with van der Waals surface area (Å²) in [6.07, 6.45) is 1.89. The summed E-state index contributed by atoms with van der Waals surface area (Å²) in [5.41, 5.74) is 3.19. The summed E-state index contributed by atoms with van der Waals surface area (Å²) >= 11 is 0. The van der Waals surface area contributed by atoms with E-state index in [-0.39, 0.29) is 11.9 Å². The highest BCUT2D eigenvalue weighted by Gasteiger charge is 2.14. The maximum Gasteiger partial charge on any atom is 0.220 e. The van der Waals surface area contributed by atoms with E-state index in [0.29, 0.717) is 24.3 Å². The number of aryl methyl sites for hydroxylation is 2. The van der Waals surface area contributed by atoms with E-state index in [2.05, 4.69) is 18.3 Å². The van der Waals surface area contributed by atoms with Gasteiger partial charge in [-0.1, -0.05) is 25.1 Å². The average molecular weight is 371 g/mol. The fourth-order valence-corrected chi connectivity index (χ4v) is 3.10. The standard InChI is InChI=1S/C22H29NO4/c1-6-18(17-9-11-19(25-3)15(2)13-17)23-22(24)12-8-16-7-10-20(26-4)21(14-16)27-5/h7,9-11,13-14,18H,6,8,12H2,1-5H3,(H,23,24). The summed E-state index contributed by atoms with van der Waals surface area (Å²) in [4.78, 5) is 12.5. The van der Waals surface area contributed by atoms with Crippen LogP contribution in [-0.4, -0.2) is 27.2 Å². The van der Waals surface area contributed by atoms with Crippen molar-refractivity contribution in [2.45, 2.75) is 39.2 Å². The van der Waals surface area contributed by atoms with Crippen molar-refractivity contribution in [3.8, 4) is 17.2 Å². The van der Waals surface area contributed by atoms with Crippen LogP contribution in [0.2, 0.25) is 0 Å². The summed E-state index contributed by atoms with van der Waals surface area (Å²) in [6.45, 7) is 4.08. The SMILES string of the molecule is CCC(NC(=O)CCc1ccc(OC)c(OC)c1)c1ccc(OC)c(C)c1. The number of carbonyl (C=O) groups excluding carboxylic acids is 1. The molecule has 1 amide bonds. The van der Waals surface area contributed by atoms with E-state index in [1.807, 2.05) is 37.3 Å². The third-order valence-corrected chi connectivity index (χ3v) is 4.65. The number of carbonyl (C=O) groups is 1. The van der Waals surface area contributed by atoms with Gasteiger partial charge in [-0.25, -0.2) is 0 Å². The lowest BCUT2D eigenvalue weighted by molar-refractivity contribution is -0.121. The Morgan fingerprint density at radius 3 is 2.22 bits per heavy atom. The van der Waals surface area contributed by atoms with E-state index in [1.165, 1.54) is 0 Å². The number of benzene rings is 2. The number of rotatable bonds is 9. The molecule has 0 aliphatic heterocycles. The molecule has 0 saturated heterocycles. The highest BCUT2D eigenvalue weighted by molar-refractivity contribution is 5.76. The van der Waals surface area contributed by atoms with Gasteiger partial charge >= 0.3 is 0 Å². The van der Waals surface area contributed by atoms with Crippen LogP contribution in [0.5, 0.6) is 17.2 Å². The molecule has 0 spiro atoms. The van der Waals surface area contributed by atoms with Gasteiger partial charge in [0.1, 0.15) is 5.75 Å². The molecule has 5 nitrogen and oxygen atoms in total. The molecule has 1 N–H and O–H groups in total. The van der Waals surface area contributed by atoms with E-state index in [1.54, 1.807) is 21.3 Å². The molecule has 1 unspecified atom stereocenters. The third-order valence-electron chi connectivity index (χ3n) is 4.65. The summed E-state index contributed by atoms with van der Waals surface area (Å²) in [6, 6.07) is 11.8. The van der Waals surface area contributed by atoms with Gasteiger partial charge in [-0.15, -0.1) is 0 Å². The summed E-state index contributed by atoms with van der Waals surface area (Å²) in [7, 11) is 4.88. The highest BCUT2D eigenvalue weighted by atomic mass is 16.5. The van der Waals surface area contributed by atoms with E-state index in [4.69, 9.17) is 14.2 Å². The normalized spacial score (nSPS) is 11.6. The number of amides is 1. The predicted molar refractivity (Wildman–Crippen MR) is 107 cm³/mol. The molecule has 0 radical (unpaired) electrons. The lowest BCUT2D eigenvalue weighted by Gasteiger charge is -2.19. The molecule has 0 aliphatic rings. The van der Waals surface area contributed by atoms with Crippen LogP contribution in [-0.2, 0) is 11.2 Å². The van der Waals surface area contributed by atoms with E-state index < -0.39 is 0 Å². The van der Waals surface area contributed by atoms with Crippen molar-refractivity contribution in [3.63, 3.8) is 0 Å². The Balaban J connectivity index is 1.98. The van der Waals surface area contributed by atoms with Crippen molar-refractivity contribution in [3.05, 3.63) is 53.1 Å². The second kappa shape index (κ2) is 9.86. The maximum absolute atomic E-state index is 12.5. The lowest BCUT2D eigenvalue weighted by Crippen LogP contribution is -2.28. The van der Waals surface area contributed by atoms with Crippen LogP contribution in [0.1, 0.15) is 42.5 Å². The Morgan fingerprint density at radius 1 is 0.963 bits per heavy atom.